The fourth-order valence-electron chi connectivity index (χ4n) is 4.67. The number of H-pyrrole nitrogens is 1. The molecular weight excluding hydrogens is 386 g/mol. The number of hydrogen-bond donors (Lipinski definition) is 1. The minimum absolute atomic E-state index is 0.00436. The van der Waals surface area contributed by atoms with Gasteiger partial charge in [-0.15, -0.1) is 0 Å². The van der Waals surface area contributed by atoms with Crippen LogP contribution in [0.4, 0.5) is 0 Å². The van der Waals surface area contributed by atoms with Gasteiger partial charge in [0.05, 0.1) is 5.69 Å². The third kappa shape index (κ3) is 3.61. The van der Waals surface area contributed by atoms with Crippen LogP contribution in [0.3, 0.4) is 0 Å². The third-order valence-electron chi connectivity index (χ3n) is 6.38. The zero-order valence-corrected chi connectivity index (χ0v) is 18.3. The van der Waals surface area contributed by atoms with Crippen molar-refractivity contribution in [3.8, 4) is 0 Å². The van der Waals surface area contributed by atoms with Crippen LogP contribution in [-0.2, 0) is 17.3 Å². The molecule has 0 unspecified atom stereocenters. The van der Waals surface area contributed by atoms with Gasteiger partial charge in [-0.25, -0.2) is 4.98 Å². The molecule has 1 aromatic carbocycles. The molecule has 1 saturated heterocycles. The zero-order valence-electron chi connectivity index (χ0n) is 17.6. The number of rotatable bonds is 1. The fraction of sp³-hybridized carbons (Fsp3) is 0.522. The third-order valence-corrected chi connectivity index (χ3v) is 6.60. The number of carbonyl (C=O) groups is 1. The van der Waals surface area contributed by atoms with E-state index >= 15 is 0 Å². The molecular formula is C23H28ClN3O2. The van der Waals surface area contributed by atoms with E-state index in [4.69, 9.17) is 16.6 Å². The van der Waals surface area contributed by atoms with Gasteiger partial charge in [-0.3, -0.25) is 9.59 Å². The molecule has 2 heterocycles. The summed E-state index contributed by atoms with van der Waals surface area (Å²) in [6.07, 6.45) is 3.38. The summed E-state index contributed by atoms with van der Waals surface area (Å²) in [4.78, 5) is 35.5. The summed E-state index contributed by atoms with van der Waals surface area (Å²) < 4.78 is 0. The summed E-state index contributed by atoms with van der Waals surface area (Å²) in [5.41, 5.74) is 3.13. The van der Waals surface area contributed by atoms with Crippen molar-refractivity contribution in [3.63, 3.8) is 0 Å². The molecule has 5 nitrogen and oxygen atoms in total. The maximum absolute atomic E-state index is 13.0. The summed E-state index contributed by atoms with van der Waals surface area (Å²) >= 11 is 6.14. The van der Waals surface area contributed by atoms with Crippen LogP contribution in [0.25, 0.3) is 0 Å². The SMILES string of the molecule is Cc1cc(Cl)cc(C(=O)N2CCC3(CCc4c3nc(C(C)(C)C)[nH]c4=O)CC2)c1. The highest BCUT2D eigenvalue weighted by molar-refractivity contribution is 6.31. The van der Waals surface area contributed by atoms with Gasteiger partial charge in [0.2, 0.25) is 0 Å². The molecule has 0 bridgehead atoms. The molecule has 6 heteroatoms. The monoisotopic (exact) mass is 413 g/mol. The Kier molecular flexibility index (Phi) is 4.85. The summed E-state index contributed by atoms with van der Waals surface area (Å²) in [6, 6.07) is 5.48. The van der Waals surface area contributed by atoms with Crippen LogP contribution in [0.5, 0.6) is 0 Å². The van der Waals surface area contributed by atoms with Gasteiger partial charge >= 0.3 is 0 Å². The molecule has 1 aromatic heterocycles. The number of piperidine rings is 1. The summed E-state index contributed by atoms with van der Waals surface area (Å²) in [6.45, 7) is 9.47. The second-order valence-electron chi connectivity index (χ2n) is 9.58. The number of nitrogens with zero attached hydrogens (tertiary/aromatic N) is 2. The number of carbonyl (C=O) groups excluding carboxylic acids is 1. The van der Waals surface area contributed by atoms with Crippen LogP contribution in [0.15, 0.2) is 23.0 Å². The first kappa shape index (κ1) is 20.1. The van der Waals surface area contributed by atoms with Gasteiger partial charge in [-0.05, 0) is 56.4 Å². The first-order valence-electron chi connectivity index (χ1n) is 10.3. The standard InChI is InChI=1S/C23H28ClN3O2/c1-14-11-15(13-16(24)12-14)20(29)27-9-7-23(8-10-27)6-5-17-18(23)25-21(22(2,3)4)26-19(17)28/h11-13H,5-10H2,1-4H3,(H,25,26,28). The minimum atomic E-state index is -0.209. The molecule has 29 heavy (non-hydrogen) atoms. The molecule has 1 aliphatic heterocycles. The van der Waals surface area contributed by atoms with E-state index in [1.165, 1.54) is 0 Å². The first-order chi connectivity index (χ1) is 13.6. The van der Waals surface area contributed by atoms with E-state index < -0.39 is 0 Å². The van der Waals surface area contributed by atoms with E-state index in [2.05, 4.69) is 25.8 Å². The number of aryl methyl sites for hydroxylation is 1. The van der Waals surface area contributed by atoms with E-state index in [0.29, 0.717) is 23.7 Å². The quantitative estimate of drug-likeness (QED) is 0.763. The Balaban J connectivity index is 1.59. The van der Waals surface area contributed by atoms with Crippen molar-refractivity contribution in [1.82, 2.24) is 14.9 Å². The lowest BCUT2D eigenvalue weighted by molar-refractivity contribution is 0.0663. The number of fused-ring (bicyclic) bond motifs is 2. The predicted octanol–water partition coefficient (Wildman–Crippen LogP) is 4.15. The average molecular weight is 414 g/mol. The van der Waals surface area contributed by atoms with E-state index in [-0.39, 0.29) is 22.3 Å². The van der Waals surface area contributed by atoms with Gasteiger partial charge < -0.3 is 9.88 Å². The Morgan fingerprint density at radius 1 is 1.17 bits per heavy atom. The molecule has 4 rings (SSSR count). The van der Waals surface area contributed by atoms with Crippen molar-refractivity contribution >= 4 is 17.5 Å². The molecule has 1 aliphatic carbocycles. The maximum Gasteiger partial charge on any atom is 0.254 e. The van der Waals surface area contributed by atoms with Crippen LogP contribution < -0.4 is 5.56 Å². The molecule has 154 valence electrons. The Bertz CT molecular complexity index is 1010. The lowest BCUT2D eigenvalue weighted by atomic mass is 9.76. The maximum atomic E-state index is 13.0. The zero-order chi connectivity index (χ0) is 21.0. The van der Waals surface area contributed by atoms with Crippen LogP contribution in [0.1, 0.15) is 73.0 Å². The summed E-state index contributed by atoms with van der Waals surface area (Å²) in [5.74, 6) is 0.772. The van der Waals surface area contributed by atoms with Gasteiger partial charge in [0.1, 0.15) is 5.82 Å². The van der Waals surface area contributed by atoms with Gasteiger partial charge in [0, 0.05) is 40.1 Å². The number of halogens is 1. The van der Waals surface area contributed by atoms with Gasteiger partial charge in [-0.2, -0.15) is 0 Å². The molecule has 1 fully saturated rings. The molecule has 2 aromatic rings. The first-order valence-corrected chi connectivity index (χ1v) is 10.7. The second-order valence-corrected chi connectivity index (χ2v) is 10.0. The van der Waals surface area contributed by atoms with E-state index in [9.17, 15) is 9.59 Å². The van der Waals surface area contributed by atoms with Crippen molar-refractivity contribution in [2.45, 2.75) is 64.2 Å². The molecule has 1 spiro atoms. The number of aromatic amines is 1. The lowest BCUT2D eigenvalue weighted by Crippen LogP contribution is -2.45. The van der Waals surface area contributed by atoms with Gasteiger partial charge in [-0.1, -0.05) is 32.4 Å². The predicted molar refractivity (Wildman–Crippen MR) is 115 cm³/mol. The Labute approximate surface area is 176 Å². The highest BCUT2D eigenvalue weighted by atomic mass is 35.5. The summed E-state index contributed by atoms with van der Waals surface area (Å²) in [7, 11) is 0. The largest absolute Gasteiger partial charge is 0.339 e. The molecule has 0 radical (unpaired) electrons. The molecule has 1 N–H and O–H groups in total. The van der Waals surface area contributed by atoms with Crippen molar-refractivity contribution in [2.75, 3.05) is 13.1 Å². The Morgan fingerprint density at radius 3 is 2.48 bits per heavy atom. The minimum Gasteiger partial charge on any atom is -0.339 e. The van der Waals surface area contributed by atoms with Gasteiger partial charge in [0.15, 0.2) is 0 Å². The average Bonchev–Trinajstić information content (AvgIpc) is 2.99. The number of hydrogen-bond acceptors (Lipinski definition) is 3. The van der Waals surface area contributed by atoms with E-state index in [1.807, 2.05) is 24.0 Å². The number of likely N-dealkylation sites (tertiary alicyclic amines) is 1. The smallest absolute Gasteiger partial charge is 0.254 e. The molecule has 2 aliphatic rings. The highest BCUT2D eigenvalue weighted by Gasteiger charge is 2.45. The van der Waals surface area contributed by atoms with Gasteiger partial charge in [0.25, 0.3) is 11.5 Å². The number of amides is 1. The van der Waals surface area contributed by atoms with Crippen LogP contribution in [0, 0.1) is 6.92 Å². The normalized spacial score (nSPS) is 18.2. The van der Waals surface area contributed by atoms with E-state index in [1.54, 1.807) is 6.07 Å². The second kappa shape index (κ2) is 6.98. The Hall–Kier alpha value is -2.14. The number of nitrogens with one attached hydrogen (secondary N) is 1. The van der Waals surface area contributed by atoms with Crippen LogP contribution >= 0.6 is 11.6 Å². The van der Waals surface area contributed by atoms with Crippen molar-refractivity contribution in [1.29, 1.82) is 0 Å². The lowest BCUT2D eigenvalue weighted by Gasteiger charge is -2.39. The fourth-order valence-corrected chi connectivity index (χ4v) is 4.96. The molecule has 0 atom stereocenters. The topological polar surface area (TPSA) is 66.1 Å². The van der Waals surface area contributed by atoms with Crippen molar-refractivity contribution in [2.24, 2.45) is 0 Å². The number of benzene rings is 1. The number of aromatic nitrogens is 2. The van der Waals surface area contributed by atoms with E-state index in [0.717, 1.165) is 48.3 Å². The van der Waals surface area contributed by atoms with Crippen LogP contribution in [-0.4, -0.2) is 33.9 Å². The summed E-state index contributed by atoms with van der Waals surface area (Å²) in [5, 5.41) is 0.588. The van der Waals surface area contributed by atoms with Crippen molar-refractivity contribution in [3.05, 3.63) is 61.8 Å². The molecule has 1 amide bonds. The van der Waals surface area contributed by atoms with Crippen LogP contribution in [0.2, 0.25) is 5.02 Å². The Morgan fingerprint density at radius 2 is 1.86 bits per heavy atom. The molecule has 0 saturated carbocycles. The van der Waals surface area contributed by atoms with Crippen molar-refractivity contribution < 1.29 is 4.79 Å². The highest BCUT2D eigenvalue weighted by Crippen LogP contribution is 2.44.